The van der Waals surface area contributed by atoms with Gasteiger partial charge in [-0.25, -0.2) is 4.98 Å². The topological polar surface area (TPSA) is 63.8 Å². The first kappa shape index (κ1) is 15.5. The molecule has 0 unspecified atom stereocenters. The van der Waals surface area contributed by atoms with Crippen LogP contribution in [-0.4, -0.2) is 15.1 Å². The van der Waals surface area contributed by atoms with Gasteiger partial charge < -0.3 is 9.84 Å². The number of thiazole rings is 1. The third-order valence-electron chi connectivity index (χ3n) is 4.46. The molecule has 0 saturated heterocycles. The molecule has 1 aromatic carbocycles. The fraction of sp³-hybridized carbons (Fsp3) is 0.389. The summed E-state index contributed by atoms with van der Waals surface area (Å²) in [5.74, 6) is 1.94. The smallest absolute Gasteiger partial charge is 0.257 e. The molecule has 0 radical (unpaired) electrons. The van der Waals surface area contributed by atoms with Gasteiger partial charge in [-0.15, -0.1) is 11.3 Å². The highest BCUT2D eigenvalue weighted by molar-refractivity contribution is 7.11. The molecule has 124 valence electrons. The number of hydrogen-bond donors (Lipinski definition) is 1. The molecule has 4 rings (SSSR count). The van der Waals surface area contributed by atoms with E-state index in [0.717, 1.165) is 12.1 Å². The van der Waals surface area contributed by atoms with Crippen molar-refractivity contribution in [1.82, 2.24) is 20.4 Å². The summed E-state index contributed by atoms with van der Waals surface area (Å²) in [6.45, 7) is 2.83. The Balaban J connectivity index is 1.37. The largest absolute Gasteiger partial charge is 0.334 e. The van der Waals surface area contributed by atoms with Gasteiger partial charge in [0.2, 0.25) is 0 Å². The summed E-state index contributed by atoms with van der Waals surface area (Å²) in [7, 11) is 0. The van der Waals surface area contributed by atoms with Crippen LogP contribution in [0.15, 0.2) is 41.1 Å². The maximum atomic E-state index is 5.37. The Morgan fingerprint density at radius 2 is 2.12 bits per heavy atom. The van der Waals surface area contributed by atoms with Crippen molar-refractivity contribution in [2.75, 3.05) is 0 Å². The predicted octanol–water partition coefficient (Wildman–Crippen LogP) is 4.31. The van der Waals surface area contributed by atoms with Gasteiger partial charge in [-0.3, -0.25) is 0 Å². The zero-order chi connectivity index (χ0) is 16.4. The maximum Gasteiger partial charge on any atom is 0.257 e. The fourth-order valence-corrected chi connectivity index (χ4v) is 3.74. The molecule has 3 aromatic rings. The molecule has 0 aliphatic heterocycles. The first-order valence-electron chi connectivity index (χ1n) is 8.36. The first-order valence-corrected chi connectivity index (χ1v) is 9.18. The van der Waals surface area contributed by atoms with E-state index in [9.17, 15) is 0 Å². The summed E-state index contributed by atoms with van der Waals surface area (Å²) >= 11 is 1.82. The Morgan fingerprint density at radius 1 is 1.29 bits per heavy atom. The van der Waals surface area contributed by atoms with Crippen LogP contribution >= 0.6 is 11.3 Å². The van der Waals surface area contributed by atoms with Crippen molar-refractivity contribution in [1.29, 1.82) is 0 Å². The molecule has 6 heteroatoms. The van der Waals surface area contributed by atoms with Crippen LogP contribution < -0.4 is 5.32 Å². The lowest BCUT2D eigenvalue weighted by Crippen LogP contribution is -2.18. The number of rotatable bonds is 6. The number of nitrogens with zero attached hydrogens (tertiary/aromatic N) is 3. The number of benzene rings is 1. The molecule has 2 aromatic heterocycles. The minimum absolute atomic E-state index is 0.0282. The van der Waals surface area contributed by atoms with Crippen molar-refractivity contribution in [3.63, 3.8) is 0 Å². The quantitative estimate of drug-likeness (QED) is 0.724. The lowest BCUT2D eigenvalue weighted by Gasteiger charge is -2.22. The van der Waals surface area contributed by atoms with E-state index in [1.54, 1.807) is 0 Å². The van der Waals surface area contributed by atoms with E-state index < -0.39 is 0 Å². The zero-order valence-corrected chi connectivity index (χ0v) is 14.4. The van der Waals surface area contributed by atoms with Crippen LogP contribution in [0.4, 0.5) is 0 Å². The minimum Gasteiger partial charge on any atom is -0.334 e. The number of hydrogen-bond acceptors (Lipinski definition) is 6. The Morgan fingerprint density at radius 3 is 2.88 bits per heavy atom. The van der Waals surface area contributed by atoms with Gasteiger partial charge in [0.25, 0.3) is 5.89 Å². The highest BCUT2D eigenvalue weighted by atomic mass is 32.1. The molecular formula is C18H20N4OS. The molecule has 5 nitrogen and oxygen atoms in total. The van der Waals surface area contributed by atoms with E-state index in [1.165, 1.54) is 29.1 Å². The molecule has 0 spiro atoms. The molecule has 0 amide bonds. The van der Waals surface area contributed by atoms with E-state index in [1.807, 2.05) is 54.8 Å². The lowest BCUT2D eigenvalue weighted by molar-refractivity contribution is 0.409. The van der Waals surface area contributed by atoms with E-state index in [4.69, 9.17) is 4.52 Å². The average molecular weight is 340 g/mol. The summed E-state index contributed by atoms with van der Waals surface area (Å²) in [6, 6.07) is 9.86. The van der Waals surface area contributed by atoms with Crippen LogP contribution in [0.25, 0.3) is 11.5 Å². The van der Waals surface area contributed by atoms with E-state index in [0.29, 0.717) is 17.6 Å². The van der Waals surface area contributed by atoms with Crippen LogP contribution in [0.1, 0.15) is 53.9 Å². The zero-order valence-electron chi connectivity index (χ0n) is 13.6. The Kier molecular flexibility index (Phi) is 4.40. The van der Waals surface area contributed by atoms with Gasteiger partial charge >= 0.3 is 0 Å². The second-order valence-corrected chi connectivity index (χ2v) is 7.37. The number of aromatic nitrogens is 3. The predicted molar refractivity (Wildman–Crippen MR) is 93.7 cm³/mol. The van der Waals surface area contributed by atoms with Crippen molar-refractivity contribution in [3.8, 4) is 11.5 Å². The third-order valence-corrected chi connectivity index (χ3v) is 5.62. The first-order chi connectivity index (χ1) is 11.8. The molecular weight excluding hydrogens is 320 g/mol. The lowest BCUT2D eigenvalue weighted by atomic mass is 9.86. The molecule has 24 heavy (non-hydrogen) atoms. The van der Waals surface area contributed by atoms with E-state index in [-0.39, 0.29) is 6.04 Å². The summed E-state index contributed by atoms with van der Waals surface area (Å²) in [5, 5.41) is 8.84. The average Bonchev–Trinajstić information content (AvgIpc) is 3.22. The van der Waals surface area contributed by atoms with Crippen molar-refractivity contribution in [3.05, 3.63) is 52.2 Å². The molecule has 1 atom stereocenters. The van der Waals surface area contributed by atoms with Crippen LogP contribution in [0.2, 0.25) is 0 Å². The normalized spacial score (nSPS) is 16.0. The van der Waals surface area contributed by atoms with Crippen molar-refractivity contribution < 1.29 is 4.52 Å². The highest BCUT2D eigenvalue weighted by Gasteiger charge is 2.22. The highest BCUT2D eigenvalue weighted by Crippen LogP contribution is 2.38. The molecule has 1 aliphatic rings. The maximum absolute atomic E-state index is 5.37. The van der Waals surface area contributed by atoms with E-state index in [2.05, 4.69) is 20.4 Å². The molecule has 0 bridgehead atoms. The van der Waals surface area contributed by atoms with Gasteiger partial charge in [0.05, 0.1) is 11.0 Å². The Hall–Kier alpha value is -2.05. The van der Waals surface area contributed by atoms with Gasteiger partial charge in [0, 0.05) is 29.1 Å². The van der Waals surface area contributed by atoms with Gasteiger partial charge in [0.1, 0.15) is 0 Å². The summed E-state index contributed by atoms with van der Waals surface area (Å²) in [5.41, 5.74) is 0.941. The van der Waals surface area contributed by atoms with Crippen molar-refractivity contribution >= 4 is 11.3 Å². The Bertz CT molecular complexity index is 794. The third kappa shape index (κ3) is 3.25. The van der Waals surface area contributed by atoms with Gasteiger partial charge in [-0.1, -0.05) is 29.8 Å². The van der Waals surface area contributed by atoms with Crippen molar-refractivity contribution in [2.24, 2.45) is 0 Å². The Labute approximate surface area is 145 Å². The van der Waals surface area contributed by atoms with Crippen LogP contribution in [0.5, 0.6) is 0 Å². The molecule has 1 aliphatic carbocycles. The summed E-state index contributed by atoms with van der Waals surface area (Å²) in [6.07, 6.45) is 5.92. The minimum atomic E-state index is 0.0282. The van der Waals surface area contributed by atoms with Crippen LogP contribution in [0, 0.1) is 0 Å². The standard InChI is InChI=1S/C18H20N4OS/c1-12(16-21-17(23-22-16)13-6-3-2-4-7-13)19-10-15-11-20-18(24-15)14-8-5-9-14/h2-4,6-7,11-12,14,19H,5,8-10H2,1H3/t12-/m0/s1. The van der Waals surface area contributed by atoms with Gasteiger partial charge in [-0.2, -0.15) is 4.98 Å². The molecule has 2 heterocycles. The van der Waals surface area contributed by atoms with Crippen molar-refractivity contribution in [2.45, 2.75) is 44.7 Å². The summed E-state index contributed by atoms with van der Waals surface area (Å²) in [4.78, 5) is 10.3. The molecule has 1 fully saturated rings. The van der Waals surface area contributed by atoms with Crippen LogP contribution in [0.3, 0.4) is 0 Å². The molecule has 1 saturated carbocycles. The monoisotopic (exact) mass is 340 g/mol. The fourth-order valence-electron chi connectivity index (χ4n) is 2.70. The second-order valence-electron chi connectivity index (χ2n) is 6.22. The SMILES string of the molecule is C[C@H](NCc1cnc(C2CCC2)s1)c1noc(-c2ccccc2)n1. The molecule has 1 N–H and O–H groups in total. The van der Waals surface area contributed by atoms with Gasteiger partial charge in [0.15, 0.2) is 5.82 Å². The second kappa shape index (κ2) is 6.83. The van der Waals surface area contributed by atoms with Gasteiger partial charge in [-0.05, 0) is 31.9 Å². The number of nitrogens with one attached hydrogen (secondary N) is 1. The van der Waals surface area contributed by atoms with Crippen LogP contribution in [-0.2, 0) is 6.54 Å². The summed E-state index contributed by atoms with van der Waals surface area (Å²) < 4.78 is 5.37. The van der Waals surface area contributed by atoms with E-state index >= 15 is 0 Å².